The van der Waals surface area contributed by atoms with E-state index in [-0.39, 0.29) is 0 Å². The fraction of sp³-hybridized carbons (Fsp3) is 0.714. The van der Waals surface area contributed by atoms with Crippen molar-refractivity contribution in [3.05, 3.63) is 0 Å². The molecule has 1 fully saturated rings. The summed E-state index contributed by atoms with van der Waals surface area (Å²) >= 11 is 0. The van der Waals surface area contributed by atoms with E-state index in [0.717, 1.165) is 6.54 Å². The van der Waals surface area contributed by atoms with Crippen molar-refractivity contribution in [3.63, 3.8) is 0 Å². The average Bonchev–Trinajstić information content (AvgIpc) is 1.76. The molecule has 1 heterocycles. The van der Waals surface area contributed by atoms with Crippen molar-refractivity contribution in [1.29, 1.82) is 0 Å². The van der Waals surface area contributed by atoms with Gasteiger partial charge >= 0.3 is 0 Å². The SMILES string of the molecule is NCC#CCN1CCC1. The van der Waals surface area contributed by atoms with E-state index in [0.29, 0.717) is 6.54 Å². The van der Waals surface area contributed by atoms with E-state index in [1.165, 1.54) is 19.5 Å². The highest BCUT2D eigenvalue weighted by molar-refractivity contribution is 5.02. The zero-order chi connectivity index (χ0) is 6.53. The summed E-state index contributed by atoms with van der Waals surface area (Å²) in [6.07, 6.45) is 1.34. The van der Waals surface area contributed by atoms with Crippen molar-refractivity contribution in [2.75, 3.05) is 26.2 Å². The summed E-state index contributed by atoms with van der Waals surface area (Å²) in [7, 11) is 0. The van der Waals surface area contributed by atoms with Gasteiger partial charge in [0.2, 0.25) is 0 Å². The van der Waals surface area contributed by atoms with E-state index in [1.54, 1.807) is 0 Å². The van der Waals surface area contributed by atoms with Crippen LogP contribution in [0.5, 0.6) is 0 Å². The average molecular weight is 124 g/mol. The molecule has 1 aliphatic rings. The lowest BCUT2D eigenvalue weighted by Gasteiger charge is -2.28. The Morgan fingerprint density at radius 3 is 2.56 bits per heavy atom. The third-order valence-corrected chi connectivity index (χ3v) is 1.48. The summed E-state index contributed by atoms with van der Waals surface area (Å²) in [6.45, 7) is 3.85. The number of hydrogen-bond acceptors (Lipinski definition) is 2. The second-order valence-corrected chi connectivity index (χ2v) is 2.19. The smallest absolute Gasteiger partial charge is 0.0602 e. The molecule has 0 amide bonds. The molecule has 9 heavy (non-hydrogen) atoms. The van der Waals surface area contributed by atoms with Crippen molar-refractivity contribution in [3.8, 4) is 11.8 Å². The lowest BCUT2D eigenvalue weighted by atomic mass is 10.2. The van der Waals surface area contributed by atoms with Gasteiger partial charge in [-0.2, -0.15) is 0 Å². The quantitative estimate of drug-likeness (QED) is 0.484. The highest BCUT2D eigenvalue weighted by Crippen LogP contribution is 2.02. The van der Waals surface area contributed by atoms with Crippen molar-refractivity contribution < 1.29 is 0 Å². The molecule has 0 radical (unpaired) electrons. The van der Waals surface area contributed by atoms with Gasteiger partial charge in [-0.15, -0.1) is 0 Å². The minimum absolute atomic E-state index is 0.494. The second kappa shape index (κ2) is 3.49. The van der Waals surface area contributed by atoms with Crippen LogP contribution in [0.25, 0.3) is 0 Å². The summed E-state index contributed by atoms with van der Waals surface area (Å²) in [5, 5.41) is 0. The monoisotopic (exact) mass is 124 g/mol. The minimum Gasteiger partial charge on any atom is -0.320 e. The molecule has 2 nitrogen and oxygen atoms in total. The molecule has 1 rings (SSSR count). The molecule has 0 aromatic carbocycles. The molecule has 0 spiro atoms. The Balaban J connectivity index is 2.03. The number of rotatable bonds is 1. The Morgan fingerprint density at radius 2 is 2.11 bits per heavy atom. The van der Waals surface area contributed by atoms with E-state index >= 15 is 0 Å². The summed E-state index contributed by atoms with van der Waals surface area (Å²) in [4.78, 5) is 2.31. The van der Waals surface area contributed by atoms with Crippen molar-refractivity contribution in [2.45, 2.75) is 6.42 Å². The van der Waals surface area contributed by atoms with Gasteiger partial charge in [0, 0.05) is 13.1 Å². The minimum atomic E-state index is 0.494. The number of nitrogens with zero attached hydrogens (tertiary/aromatic N) is 1. The lowest BCUT2D eigenvalue weighted by molar-refractivity contribution is 0.207. The summed E-state index contributed by atoms with van der Waals surface area (Å²) in [6, 6.07) is 0. The van der Waals surface area contributed by atoms with Crippen LogP contribution >= 0.6 is 0 Å². The first-order chi connectivity index (χ1) is 4.43. The Kier molecular flexibility index (Phi) is 2.56. The van der Waals surface area contributed by atoms with E-state index < -0.39 is 0 Å². The first-order valence-corrected chi connectivity index (χ1v) is 3.31. The van der Waals surface area contributed by atoms with Crippen molar-refractivity contribution in [1.82, 2.24) is 4.90 Å². The third-order valence-electron chi connectivity index (χ3n) is 1.48. The summed E-state index contributed by atoms with van der Waals surface area (Å²) in [5.74, 6) is 5.82. The van der Waals surface area contributed by atoms with Crippen LogP contribution in [0.3, 0.4) is 0 Å². The largest absolute Gasteiger partial charge is 0.320 e. The van der Waals surface area contributed by atoms with E-state index in [9.17, 15) is 0 Å². The summed E-state index contributed by atoms with van der Waals surface area (Å²) in [5.41, 5.74) is 5.18. The molecule has 50 valence electrons. The maximum Gasteiger partial charge on any atom is 0.0602 e. The van der Waals surface area contributed by atoms with Crippen molar-refractivity contribution >= 4 is 0 Å². The van der Waals surface area contributed by atoms with Gasteiger partial charge in [-0.25, -0.2) is 0 Å². The van der Waals surface area contributed by atoms with Gasteiger partial charge in [0.25, 0.3) is 0 Å². The van der Waals surface area contributed by atoms with Gasteiger partial charge in [0.05, 0.1) is 13.1 Å². The highest BCUT2D eigenvalue weighted by atomic mass is 15.2. The third kappa shape index (κ3) is 2.05. The molecule has 0 bridgehead atoms. The van der Waals surface area contributed by atoms with Gasteiger partial charge in [-0.3, -0.25) is 4.90 Å². The van der Waals surface area contributed by atoms with Crippen LogP contribution in [0.2, 0.25) is 0 Å². The molecule has 0 aliphatic carbocycles. The first kappa shape index (κ1) is 6.60. The Bertz CT molecular complexity index is 128. The number of likely N-dealkylation sites (tertiary alicyclic amines) is 1. The standard InChI is InChI=1S/C7H12N2/c8-4-1-2-5-9-6-3-7-9/h3-8H2. The normalized spacial score (nSPS) is 17.9. The van der Waals surface area contributed by atoms with Crippen molar-refractivity contribution in [2.24, 2.45) is 5.73 Å². The zero-order valence-electron chi connectivity index (χ0n) is 5.56. The molecular weight excluding hydrogens is 112 g/mol. The lowest BCUT2D eigenvalue weighted by Crippen LogP contribution is -2.37. The van der Waals surface area contributed by atoms with Crippen LogP contribution in [0.4, 0.5) is 0 Å². The molecular formula is C7H12N2. The van der Waals surface area contributed by atoms with Gasteiger partial charge in [-0.05, 0) is 6.42 Å². The molecule has 0 unspecified atom stereocenters. The molecule has 1 aliphatic heterocycles. The fourth-order valence-electron chi connectivity index (χ4n) is 0.780. The molecule has 0 saturated carbocycles. The van der Waals surface area contributed by atoms with Crippen LogP contribution in [0.1, 0.15) is 6.42 Å². The molecule has 0 atom stereocenters. The van der Waals surface area contributed by atoms with Crippen LogP contribution in [-0.2, 0) is 0 Å². The van der Waals surface area contributed by atoms with Gasteiger partial charge in [0.15, 0.2) is 0 Å². The van der Waals surface area contributed by atoms with Crippen LogP contribution in [0, 0.1) is 11.8 Å². The molecule has 0 aromatic heterocycles. The van der Waals surface area contributed by atoms with Gasteiger partial charge in [-0.1, -0.05) is 11.8 Å². The topological polar surface area (TPSA) is 29.3 Å². The Morgan fingerprint density at radius 1 is 1.33 bits per heavy atom. The number of nitrogens with two attached hydrogens (primary N) is 1. The fourth-order valence-corrected chi connectivity index (χ4v) is 0.780. The highest BCUT2D eigenvalue weighted by Gasteiger charge is 2.10. The first-order valence-electron chi connectivity index (χ1n) is 3.31. The van der Waals surface area contributed by atoms with Gasteiger partial charge < -0.3 is 5.73 Å². The molecule has 2 N–H and O–H groups in total. The van der Waals surface area contributed by atoms with E-state index in [4.69, 9.17) is 5.73 Å². The van der Waals surface area contributed by atoms with Gasteiger partial charge in [0.1, 0.15) is 0 Å². The predicted octanol–water partition coefficient (Wildman–Crippen LogP) is -0.346. The zero-order valence-corrected chi connectivity index (χ0v) is 5.56. The van der Waals surface area contributed by atoms with Crippen LogP contribution in [-0.4, -0.2) is 31.1 Å². The molecule has 0 aromatic rings. The Labute approximate surface area is 56.0 Å². The molecule has 2 heteroatoms. The van der Waals surface area contributed by atoms with E-state index in [1.807, 2.05) is 0 Å². The molecule has 1 saturated heterocycles. The van der Waals surface area contributed by atoms with Crippen LogP contribution < -0.4 is 5.73 Å². The Hall–Kier alpha value is -0.520. The predicted molar refractivity (Wildman–Crippen MR) is 37.9 cm³/mol. The second-order valence-electron chi connectivity index (χ2n) is 2.19. The summed E-state index contributed by atoms with van der Waals surface area (Å²) < 4.78 is 0. The maximum absolute atomic E-state index is 5.18. The van der Waals surface area contributed by atoms with Crippen LogP contribution in [0.15, 0.2) is 0 Å². The van der Waals surface area contributed by atoms with E-state index in [2.05, 4.69) is 16.7 Å². The number of hydrogen-bond donors (Lipinski definition) is 1. The maximum atomic E-state index is 5.18.